The second-order valence-corrected chi connectivity index (χ2v) is 4.87. The van der Waals surface area contributed by atoms with Crippen LogP contribution in [0.25, 0.3) is 0 Å². The van der Waals surface area contributed by atoms with Gasteiger partial charge in [-0.2, -0.15) is 0 Å². The van der Waals surface area contributed by atoms with E-state index < -0.39 is 0 Å². The van der Waals surface area contributed by atoms with Crippen molar-refractivity contribution in [3.63, 3.8) is 0 Å². The Kier molecular flexibility index (Phi) is 4.00. The molecule has 2 rings (SSSR count). The molecule has 1 aromatic heterocycles. The fourth-order valence-corrected chi connectivity index (χ4v) is 1.96. The predicted octanol–water partition coefficient (Wildman–Crippen LogP) is 4.06. The van der Waals surface area contributed by atoms with Crippen LogP contribution in [0, 0.1) is 19.7 Å². The lowest BCUT2D eigenvalue weighted by Crippen LogP contribution is -2.11. The first-order valence-corrected chi connectivity index (χ1v) is 6.38. The normalized spacial score (nSPS) is 12.3. The first-order chi connectivity index (χ1) is 8.99. The molecule has 0 radical (unpaired) electrons. The molecule has 0 spiro atoms. The molecular weight excluding hydrogens is 265 g/mol. The average molecular weight is 280 g/mol. The highest BCUT2D eigenvalue weighted by molar-refractivity contribution is 6.30. The number of halogens is 2. The van der Waals surface area contributed by atoms with Gasteiger partial charge in [-0.3, -0.25) is 0 Å². The minimum absolute atomic E-state index is 0.0655. The van der Waals surface area contributed by atoms with Crippen LogP contribution in [0.15, 0.2) is 24.3 Å². The van der Waals surface area contributed by atoms with Crippen molar-refractivity contribution in [3.05, 3.63) is 51.9 Å². The zero-order valence-electron chi connectivity index (χ0n) is 11.0. The molecule has 3 nitrogen and oxygen atoms in total. The van der Waals surface area contributed by atoms with E-state index in [9.17, 15) is 4.39 Å². The van der Waals surface area contributed by atoms with Crippen LogP contribution in [0.1, 0.15) is 29.7 Å². The molecule has 19 heavy (non-hydrogen) atoms. The smallest absolute Gasteiger partial charge is 0.155 e. The standard InChI is InChI=1S/C14H15ClFN3/c1-8-9(2)14(19-18-13(8)15)17-10(3)11-5-4-6-12(16)7-11/h4-7,10H,1-3H3,(H,17,19). The van der Waals surface area contributed by atoms with E-state index in [1.165, 1.54) is 12.1 Å². The Morgan fingerprint density at radius 3 is 2.63 bits per heavy atom. The van der Waals surface area contributed by atoms with Gasteiger partial charge in [0.2, 0.25) is 0 Å². The highest BCUT2D eigenvalue weighted by Gasteiger charge is 2.12. The zero-order chi connectivity index (χ0) is 14.0. The Hall–Kier alpha value is -1.68. The third kappa shape index (κ3) is 3.01. The average Bonchev–Trinajstić information content (AvgIpc) is 2.39. The number of anilines is 1. The van der Waals surface area contributed by atoms with Crippen molar-refractivity contribution in [2.45, 2.75) is 26.8 Å². The molecule has 5 heteroatoms. The molecule has 100 valence electrons. The van der Waals surface area contributed by atoms with Crippen molar-refractivity contribution in [2.24, 2.45) is 0 Å². The van der Waals surface area contributed by atoms with Gasteiger partial charge in [0.15, 0.2) is 11.0 Å². The van der Waals surface area contributed by atoms with E-state index in [-0.39, 0.29) is 11.9 Å². The molecule has 2 aromatic rings. The minimum Gasteiger partial charge on any atom is -0.362 e. The summed E-state index contributed by atoms with van der Waals surface area (Å²) in [5.41, 5.74) is 2.70. The van der Waals surface area contributed by atoms with Gasteiger partial charge in [0.05, 0.1) is 6.04 Å². The van der Waals surface area contributed by atoms with Crippen LogP contribution < -0.4 is 5.32 Å². The highest BCUT2D eigenvalue weighted by atomic mass is 35.5. The molecule has 0 fully saturated rings. The number of nitrogens with zero attached hydrogens (tertiary/aromatic N) is 2. The van der Waals surface area contributed by atoms with Gasteiger partial charge in [0.1, 0.15) is 5.82 Å². The Morgan fingerprint density at radius 2 is 1.95 bits per heavy atom. The first kappa shape index (κ1) is 13.7. The number of aromatic nitrogens is 2. The maximum atomic E-state index is 13.2. The molecule has 0 saturated heterocycles. The highest BCUT2D eigenvalue weighted by Crippen LogP contribution is 2.24. The van der Waals surface area contributed by atoms with Gasteiger partial charge in [-0.1, -0.05) is 23.7 Å². The lowest BCUT2D eigenvalue weighted by Gasteiger charge is -2.17. The molecule has 1 aromatic carbocycles. The monoisotopic (exact) mass is 279 g/mol. The van der Waals surface area contributed by atoms with Gasteiger partial charge in [-0.25, -0.2) is 4.39 Å². The molecule has 0 aliphatic rings. The molecule has 1 atom stereocenters. The fraction of sp³-hybridized carbons (Fsp3) is 0.286. The van der Waals surface area contributed by atoms with E-state index in [1.54, 1.807) is 6.07 Å². The second kappa shape index (κ2) is 5.53. The summed E-state index contributed by atoms with van der Waals surface area (Å²) in [6.45, 7) is 5.76. The van der Waals surface area contributed by atoms with Crippen LogP contribution in [0.3, 0.4) is 0 Å². The lowest BCUT2D eigenvalue weighted by atomic mass is 10.1. The third-order valence-corrected chi connectivity index (χ3v) is 3.53. The van der Waals surface area contributed by atoms with Gasteiger partial charge >= 0.3 is 0 Å². The van der Waals surface area contributed by atoms with Gasteiger partial charge in [0.25, 0.3) is 0 Å². The maximum Gasteiger partial charge on any atom is 0.155 e. The summed E-state index contributed by atoms with van der Waals surface area (Å²) >= 11 is 5.91. The predicted molar refractivity (Wildman–Crippen MR) is 75.0 cm³/mol. The Bertz CT molecular complexity index is 601. The number of hydrogen-bond acceptors (Lipinski definition) is 3. The summed E-state index contributed by atoms with van der Waals surface area (Å²) in [6.07, 6.45) is 0. The van der Waals surface area contributed by atoms with E-state index in [0.29, 0.717) is 11.0 Å². The van der Waals surface area contributed by atoms with Gasteiger partial charge < -0.3 is 5.32 Å². The first-order valence-electron chi connectivity index (χ1n) is 6.00. The third-order valence-electron chi connectivity index (χ3n) is 3.17. The van der Waals surface area contributed by atoms with Gasteiger partial charge in [-0.15, -0.1) is 10.2 Å². The van der Waals surface area contributed by atoms with Crippen molar-refractivity contribution < 1.29 is 4.39 Å². The minimum atomic E-state index is -0.249. The van der Waals surface area contributed by atoms with Crippen molar-refractivity contribution in [3.8, 4) is 0 Å². The van der Waals surface area contributed by atoms with Crippen LogP contribution in [0.4, 0.5) is 10.2 Å². The van der Waals surface area contributed by atoms with Crippen LogP contribution in [0.2, 0.25) is 5.15 Å². The maximum absolute atomic E-state index is 13.2. The molecular formula is C14H15ClFN3. The lowest BCUT2D eigenvalue weighted by molar-refractivity contribution is 0.623. The van der Waals surface area contributed by atoms with Gasteiger partial charge in [0, 0.05) is 0 Å². The van der Waals surface area contributed by atoms with E-state index in [1.807, 2.05) is 26.8 Å². The van der Waals surface area contributed by atoms with Crippen LogP contribution in [0.5, 0.6) is 0 Å². The molecule has 0 saturated carbocycles. The van der Waals surface area contributed by atoms with Crippen molar-refractivity contribution >= 4 is 17.4 Å². The molecule has 1 heterocycles. The number of benzene rings is 1. The number of hydrogen-bond donors (Lipinski definition) is 1. The molecule has 0 aliphatic carbocycles. The molecule has 1 unspecified atom stereocenters. The Balaban J connectivity index is 2.24. The van der Waals surface area contributed by atoms with Crippen LogP contribution >= 0.6 is 11.6 Å². The Labute approximate surface area is 116 Å². The van der Waals surface area contributed by atoms with E-state index >= 15 is 0 Å². The quantitative estimate of drug-likeness (QED) is 0.921. The second-order valence-electron chi connectivity index (χ2n) is 4.51. The summed E-state index contributed by atoms with van der Waals surface area (Å²) in [7, 11) is 0. The summed E-state index contributed by atoms with van der Waals surface area (Å²) in [4.78, 5) is 0. The van der Waals surface area contributed by atoms with E-state index in [0.717, 1.165) is 16.7 Å². The molecule has 0 aliphatic heterocycles. The van der Waals surface area contributed by atoms with Crippen molar-refractivity contribution in [1.29, 1.82) is 0 Å². The number of nitrogens with one attached hydrogen (secondary N) is 1. The van der Waals surface area contributed by atoms with Crippen LogP contribution in [-0.4, -0.2) is 10.2 Å². The van der Waals surface area contributed by atoms with E-state index in [4.69, 9.17) is 11.6 Å². The van der Waals surface area contributed by atoms with E-state index in [2.05, 4.69) is 15.5 Å². The summed E-state index contributed by atoms with van der Waals surface area (Å²) in [5, 5.41) is 11.5. The zero-order valence-corrected chi connectivity index (χ0v) is 11.8. The number of rotatable bonds is 3. The molecule has 0 bridgehead atoms. The summed E-state index contributed by atoms with van der Waals surface area (Å²) in [5.74, 6) is 0.417. The SMILES string of the molecule is Cc1c(Cl)nnc(NC(C)c2cccc(F)c2)c1C. The Morgan fingerprint density at radius 1 is 1.21 bits per heavy atom. The van der Waals surface area contributed by atoms with Crippen molar-refractivity contribution in [2.75, 3.05) is 5.32 Å². The fourth-order valence-electron chi connectivity index (χ4n) is 1.78. The van der Waals surface area contributed by atoms with Gasteiger partial charge in [-0.05, 0) is 49.6 Å². The molecule has 1 N–H and O–H groups in total. The summed E-state index contributed by atoms with van der Waals surface area (Å²) in [6, 6.07) is 6.42. The topological polar surface area (TPSA) is 37.8 Å². The van der Waals surface area contributed by atoms with Crippen LogP contribution in [-0.2, 0) is 0 Å². The summed E-state index contributed by atoms with van der Waals surface area (Å²) < 4.78 is 13.2. The largest absolute Gasteiger partial charge is 0.362 e. The molecule has 0 amide bonds. The van der Waals surface area contributed by atoms with Crippen molar-refractivity contribution in [1.82, 2.24) is 10.2 Å².